The van der Waals surface area contributed by atoms with Gasteiger partial charge in [0.05, 0.1) is 5.75 Å². The Hall–Kier alpha value is -2.13. The van der Waals surface area contributed by atoms with Gasteiger partial charge < -0.3 is 16.0 Å². The van der Waals surface area contributed by atoms with E-state index in [2.05, 4.69) is 26.1 Å². The highest BCUT2D eigenvalue weighted by molar-refractivity contribution is 8.01. The maximum atomic E-state index is 11.9. The molecule has 1 atom stereocenters. The molecule has 2 amide bonds. The zero-order valence-electron chi connectivity index (χ0n) is 14.3. The van der Waals surface area contributed by atoms with Crippen LogP contribution in [0.4, 0.5) is 10.8 Å². The molecule has 0 fully saturated rings. The lowest BCUT2D eigenvalue weighted by molar-refractivity contribution is -0.127. The molecule has 0 aliphatic rings. The van der Waals surface area contributed by atoms with Gasteiger partial charge in [-0.05, 0) is 38.5 Å². The average Bonchev–Trinajstić information content (AvgIpc) is 3.00. The summed E-state index contributed by atoms with van der Waals surface area (Å²) in [6.45, 7) is 6.05. The summed E-state index contributed by atoms with van der Waals surface area (Å²) in [4.78, 5) is 23.5. The van der Waals surface area contributed by atoms with Gasteiger partial charge in [0.1, 0.15) is 6.04 Å². The monoisotopic (exact) mass is 379 g/mol. The van der Waals surface area contributed by atoms with Crippen LogP contribution in [0.5, 0.6) is 0 Å². The van der Waals surface area contributed by atoms with Gasteiger partial charge in [-0.25, -0.2) is 0 Å². The Balaban J connectivity index is 1.81. The minimum Gasteiger partial charge on any atom is -0.355 e. The predicted molar refractivity (Wildman–Crippen MR) is 101 cm³/mol. The number of anilines is 2. The largest absolute Gasteiger partial charge is 0.355 e. The van der Waals surface area contributed by atoms with Crippen molar-refractivity contribution in [3.8, 4) is 0 Å². The quantitative estimate of drug-likeness (QED) is 0.609. The number of hydrogen-bond acceptors (Lipinski definition) is 7. The fraction of sp³-hybridized carbons (Fsp3) is 0.375. The van der Waals surface area contributed by atoms with E-state index in [1.54, 1.807) is 6.92 Å². The maximum absolute atomic E-state index is 11.9. The third kappa shape index (κ3) is 6.35. The molecule has 2 rings (SSSR count). The highest BCUT2D eigenvalue weighted by Crippen LogP contribution is 2.27. The summed E-state index contributed by atoms with van der Waals surface area (Å²) < 4.78 is 0.691. The van der Waals surface area contributed by atoms with Crippen molar-refractivity contribution in [3.05, 3.63) is 29.8 Å². The van der Waals surface area contributed by atoms with Crippen LogP contribution in [0.3, 0.4) is 0 Å². The van der Waals surface area contributed by atoms with Crippen LogP contribution in [-0.2, 0) is 9.59 Å². The van der Waals surface area contributed by atoms with Crippen molar-refractivity contribution in [2.24, 2.45) is 0 Å². The first kappa shape index (κ1) is 19.2. The summed E-state index contributed by atoms with van der Waals surface area (Å²) in [7, 11) is 0. The molecule has 9 heteroatoms. The van der Waals surface area contributed by atoms with Gasteiger partial charge in [0.2, 0.25) is 16.9 Å². The second kappa shape index (κ2) is 9.38. The number of nitrogens with zero attached hydrogens (tertiary/aromatic N) is 2. The van der Waals surface area contributed by atoms with Crippen LogP contribution in [0.1, 0.15) is 19.4 Å². The fourth-order valence-corrected chi connectivity index (χ4v) is 3.55. The molecular formula is C16H21N5O2S2. The van der Waals surface area contributed by atoms with Gasteiger partial charge in [0, 0.05) is 12.2 Å². The summed E-state index contributed by atoms with van der Waals surface area (Å²) in [5.74, 6) is -0.225. The zero-order chi connectivity index (χ0) is 18.2. The van der Waals surface area contributed by atoms with E-state index in [4.69, 9.17) is 0 Å². The minimum absolute atomic E-state index is 0.183. The standard InChI is InChI=1S/C16H21N5O2S2/c1-4-17-14(23)11(3)18-13(22)9-24-16-21-20-15(25-16)19-12-7-5-6-10(2)8-12/h5-8,11H,4,9H2,1-3H3,(H,17,23)(H,18,22)(H,19,20)/t11-/m0/s1. The van der Waals surface area contributed by atoms with Crippen LogP contribution in [0.2, 0.25) is 0 Å². The molecule has 0 aliphatic carbocycles. The fourth-order valence-electron chi connectivity index (χ4n) is 1.97. The predicted octanol–water partition coefficient (Wildman–Crippen LogP) is 2.32. The van der Waals surface area contributed by atoms with Gasteiger partial charge in [-0.2, -0.15) is 0 Å². The molecule has 0 bridgehead atoms. The number of rotatable bonds is 8. The zero-order valence-corrected chi connectivity index (χ0v) is 16.0. The number of amides is 2. The SMILES string of the molecule is CCNC(=O)[C@H](C)NC(=O)CSc1nnc(Nc2cccc(C)c2)s1. The van der Waals surface area contributed by atoms with E-state index in [9.17, 15) is 9.59 Å². The molecule has 2 aromatic rings. The normalized spacial score (nSPS) is 11.6. The molecule has 3 N–H and O–H groups in total. The summed E-state index contributed by atoms with van der Waals surface area (Å²) in [6, 6.07) is 7.41. The first-order chi connectivity index (χ1) is 12.0. The number of likely N-dealkylation sites (N-methyl/N-ethyl adjacent to an activating group) is 1. The van der Waals surface area contributed by atoms with E-state index in [0.717, 1.165) is 11.3 Å². The molecule has 0 spiro atoms. The lowest BCUT2D eigenvalue weighted by Crippen LogP contribution is -2.45. The highest BCUT2D eigenvalue weighted by atomic mass is 32.2. The second-order valence-corrected chi connectivity index (χ2v) is 7.54. The number of carbonyl (C=O) groups excluding carboxylic acids is 2. The Morgan fingerprint density at radius 1 is 1.32 bits per heavy atom. The van der Waals surface area contributed by atoms with E-state index < -0.39 is 6.04 Å². The first-order valence-corrected chi connectivity index (χ1v) is 9.65. The van der Waals surface area contributed by atoms with E-state index in [1.807, 2.05) is 38.1 Å². The third-order valence-corrected chi connectivity index (χ3v) is 5.10. The van der Waals surface area contributed by atoms with Gasteiger partial charge in [-0.1, -0.05) is 35.2 Å². The summed E-state index contributed by atoms with van der Waals surface area (Å²) in [5.41, 5.74) is 2.10. The Labute approximate surface area is 155 Å². The summed E-state index contributed by atoms with van der Waals surface area (Å²) in [5, 5.41) is 17.3. The Bertz CT molecular complexity index is 735. The van der Waals surface area contributed by atoms with Crippen molar-refractivity contribution in [2.45, 2.75) is 31.2 Å². The molecule has 134 valence electrons. The Kier molecular flexibility index (Phi) is 7.20. The Morgan fingerprint density at radius 2 is 2.12 bits per heavy atom. The lowest BCUT2D eigenvalue weighted by atomic mass is 10.2. The molecule has 1 aromatic carbocycles. The van der Waals surface area contributed by atoms with Gasteiger partial charge >= 0.3 is 0 Å². The van der Waals surface area contributed by atoms with E-state index >= 15 is 0 Å². The first-order valence-electron chi connectivity index (χ1n) is 7.85. The number of aryl methyl sites for hydroxylation is 1. The number of thioether (sulfide) groups is 1. The lowest BCUT2D eigenvalue weighted by Gasteiger charge is -2.12. The number of carbonyl (C=O) groups is 2. The molecular weight excluding hydrogens is 358 g/mol. The van der Waals surface area contributed by atoms with Gasteiger partial charge in [-0.15, -0.1) is 10.2 Å². The van der Waals surface area contributed by atoms with Crippen molar-refractivity contribution in [2.75, 3.05) is 17.6 Å². The van der Waals surface area contributed by atoms with Crippen molar-refractivity contribution in [1.82, 2.24) is 20.8 Å². The number of aromatic nitrogens is 2. The molecule has 0 saturated heterocycles. The van der Waals surface area contributed by atoms with E-state index in [-0.39, 0.29) is 17.6 Å². The van der Waals surface area contributed by atoms with Crippen LogP contribution < -0.4 is 16.0 Å². The van der Waals surface area contributed by atoms with Crippen LogP contribution in [0, 0.1) is 6.92 Å². The molecule has 0 aliphatic heterocycles. The molecule has 0 radical (unpaired) electrons. The Morgan fingerprint density at radius 3 is 2.84 bits per heavy atom. The van der Waals surface area contributed by atoms with Crippen LogP contribution in [-0.4, -0.2) is 40.4 Å². The molecule has 0 unspecified atom stereocenters. The molecule has 0 saturated carbocycles. The second-order valence-electron chi connectivity index (χ2n) is 5.34. The van der Waals surface area contributed by atoms with E-state index in [1.165, 1.54) is 23.1 Å². The van der Waals surface area contributed by atoms with Crippen LogP contribution >= 0.6 is 23.1 Å². The van der Waals surface area contributed by atoms with Crippen molar-refractivity contribution < 1.29 is 9.59 Å². The molecule has 1 heterocycles. The smallest absolute Gasteiger partial charge is 0.242 e. The van der Waals surface area contributed by atoms with Crippen molar-refractivity contribution >= 4 is 45.7 Å². The van der Waals surface area contributed by atoms with Crippen LogP contribution in [0.25, 0.3) is 0 Å². The number of hydrogen-bond donors (Lipinski definition) is 3. The van der Waals surface area contributed by atoms with Crippen LogP contribution in [0.15, 0.2) is 28.6 Å². The number of benzene rings is 1. The third-order valence-electron chi connectivity index (χ3n) is 3.12. The highest BCUT2D eigenvalue weighted by Gasteiger charge is 2.15. The van der Waals surface area contributed by atoms with Crippen molar-refractivity contribution in [1.29, 1.82) is 0 Å². The van der Waals surface area contributed by atoms with Crippen molar-refractivity contribution in [3.63, 3.8) is 0 Å². The average molecular weight is 380 g/mol. The summed E-state index contributed by atoms with van der Waals surface area (Å²) >= 11 is 2.67. The topological polar surface area (TPSA) is 96.0 Å². The number of nitrogens with one attached hydrogen (secondary N) is 3. The van der Waals surface area contributed by atoms with Gasteiger partial charge in [0.25, 0.3) is 0 Å². The molecule has 7 nitrogen and oxygen atoms in total. The maximum Gasteiger partial charge on any atom is 0.242 e. The molecule has 25 heavy (non-hydrogen) atoms. The summed E-state index contributed by atoms with van der Waals surface area (Å²) in [6.07, 6.45) is 0. The van der Waals surface area contributed by atoms with Gasteiger partial charge in [0.15, 0.2) is 4.34 Å². The van der Waals surface area contributed by atoms with Gasteiger partial charge in [-0.3, -0.25) is 9.59 Å². The van der Waals surface area contributed by atoms with E-state index in [0.29, 0.717) is 16.0 Å². The molecule has 1 aromatic heterocycles. The minimum atomic E-state index is -0.555.